The van der Waals surface area contributed by atoms with E-state index in [2.05, 4.69) is 22.5 Å². The highest BCUT2D eigenvalue weighted by atomic mass is 16.2. The van der Waals surface area contributed by atoms with E-state index in [1.165, 1.54) is 10.2 Å². The number of nitrogens with one attached hydrogen (secondary N) is 1. The highest BCUT2D eigenvalue weighted by molar-refractivity contribution is 6.07. The summed E-state index contributed by atoms with van der Waals surface area (Å²) in [7, 11) is 1.86. The first kappa shape index (κ1) is 18.9. The van der Waals surface area contributed by atoms with Crippen LogP contribution in [-0.4, -0.2) is 26.3 Å². The smallest absolute Gasteiger partial charge is 0.291 e. The molecule has 0 radical (unpaired) electrons. The van der Waals surface area contributed by atoms with Gasteiger partial charge < -0.3 is 9.88 Å². The van der Waals surface area contributed by atoms with E-state index in [0.717, 1.165) is 29.1 Å². The van der Waals surface area contributed by atoms with Crippen molar-refractivity contribution >= 4 is 27.7 Å². The third-order valence-electron chi connectivity index (χ3n) is 5.32. The molecule has 6 heteroatoms. The lowest BCUT2D eigenvalue weighted by Crippen LogP contribution is -2.38. The highest BCUT2D eigenvalue weighted by Gasteiger charge is 2.15. The van der Waals surface area contributed by atoms with Gasteiger partial charge in [-0.2, -0.15) is 5.10 Å². The first-order chi connectivity index (χ1) is 14.0. The fraction of sp³-hybridized carbons (Fsp3) is 0.261. The molecular formula is C23H24N4O2. The lowest BCUT2D eigenvalue weighted by Gasteiger charge is -2.14. The quantitative estimate of drug-likeness (QED) is 0.552. The average Bonchev–Trinajstić information content (AvgIpc) is 3.02. The molecule has 1 amide bonds. The average molecular weight is 388 g/mol. The van der Waals surface area contributed by atoms with Gasteiger partial charge in [0.25, 0.3) is 5.56 Å². The van der Waals surface area contributed by atoms with Gasteiger partial charge in [0.05, 0.1) is 6.20 Å². The second-order valence-electron chi connectivity index (χ2n) is 7.44. The SMILES string of the molecule is C[C@H](CCc1ccccc1)NC(=O)Cn1ncc2c3ccccc3n(C)c2c1=O. The minimum atomic E-state index is -0.256. The van der Waals surface area contributed by atoms with Crippen LogP contribution in [0, 0.1) is 0 Å². The second kappa shape index (κ2) is 7.91. The standard InChI is InChI=1S/C23H24N4O2/c1-16(12-13-17-8-4-3-5-9-17)25-21(28)15-27-23(29)22-19(14-24-27)18-10-6-7-11-20(18)26(22)2/h3-11,14,16H,12-13,15H2,1-2H3,(H,25,28)/t16-/m1/s1. The van der Waals surface area contributed by atoms with Crippen molar-refractivity contribution in [2.24, 2.45) is 7.05 Å². The predicted octanol–water partition coefficient (Wildman–Crippen LogP) is 3.03. The van der Waals surface area contributed by atoms with E-state index in [1.807, 2.05) is 61.0 Å². The van der Waals surface area contributed by atoms with E-state index in [9.17, 15) is 9.59 Å². The summed E-state index contributed by atoms with van der Waals surface area (Å²) in [5, 5.41) is 9.00. The molecule has 1 atom stereocenters. The van der Waals surface area contributed by atoms with Gasteiger partial charge in [-0.25, -0.2) is 4.68 Å². The Labute approximate surface area is 168 Å². The molecule has 0 bridgehead atoms. The molecule has 0 fully saturated rings. The van der Waals surface area contributed by atoms with Crippen molar-refractivity contribution in [1.82, 2.24) is 19.7 Å². The van der Waals surface area contributed by atoms with E-state index >= 15 is 0 Å². The van der Waals surface area contributed by atoms with Crippen molar-refractivity contribution in [1.29, 1.82) is 0 Å². The molecule has 4 rings (SSSR count). The van der Waals surface area contributed by atoms with Crippen molar-refractivity contribution in [3.05, 3.63) is 76.7 Å². The topological polar surface area (TPSA) is 68.9 Å². The summed E-state index contributed by atoms with van der Waals surface area (Å²) in [5.41, 5.74) is 2.52. The maximum atomic E-state index is 13.0. The number of benzene rings is 2. The number of aromatic nitrogens is 3. The zero-order valence-electron chi connectivity index (χ0n) is 16.6. The zero-order chi connectivity index (χ0) is 20.4. The van der Waals surface area contributed by atoms with Crippen LogP contribution in [0.1, 0.15) is 18.9 Å². The molecule has 0 aliphatic carbocycles. The van der Waals surface area contributed by atoms with E-state index < -0.39 is 0 Å². The predicted molar refractivity (Wildman–Crippen MR) is 115 cm³/mol. The molecule has 2 heterocycles. The Hall–Kier alpha value is -3.41. The van der Waals surface area contributed by atoms with E-state index in [-0.39, 0.29) is 24.1 Å². The Morgan fingerprint density at radius 2 is 1.79 bits per heavy atom. The van der Waals surface area contributed by atoms with Gasteiger partial charge in [0.2, 0.25) is 5.91 Å². The van der Waals surface area contributed by atoms with Gasteiger partial charge in [0.1, 0.15) is 12.1 Å². The monoisotopic (exact) mass is 388 g/mol. The molecule has 2 aromatic carbocycles. The molecule has 6 nitrogen and oxygen atoms in total. The number of rotatable bonds is 6. The lowest BCUT2D eigenvalue weighted by molar-refractivity contribution is -0.122. The van der Waals surface area contributed by atoms with E-state index in [4.69, 9.17) is 0 Å². The minimum Gasteiger partial charge on any atom is -0.352 e. The van der Waals surface area contributed by atoms with E-state index in [1.54, 1.807) is 6.20 Å². The van der Waals surface area contributed by atoms with Gasteiger partial charge in [-0.1, -0.05) is 48.5 Å². The molecule has 2 aromatic heterocycles. The van der Waals surface area contributed by atoms with Crippen LogP contribution in [0.4, 0.5) is 0 Å². The zero-order valence-corrected chi connectivity index (χ0v) is 16.6. The Kier molecular flexibility index (Phi) is 5.16. The van der Waals surface area contributed by atoms with Crippen LogP contribution in [0.25, 0.3) is 21.8 Å². The molecule has 0 aliphatic rings. The van der Waals surface area contributed by atoms with Crippen LogP contribution in [-0.2, 0) is 24.8 Å². The van der Waals surface area contributed by atoms with Gasteiger partial charge in [-0.3, -0.25) is 9.59 Å². The van der Waals surface area contributed by atoms with Gasteiger partial charge >= 0.3 is 0 Å². The van der Waals surface area contributed by atoms with Crippen LogP contribution in [0.5, 0.6) is 0 Å². The van der Waals surface area contributed by atoms with Crippen molar-refractivity contribution in [2.75, 3.05) is 0 Å². The van der Waals surface area contributed by atoms with Gasteiger partial charge in [0, 0.05) is 29.4 Å². The first-order valence-corrected chi connectivity index (χ1v) is 9.81. The molecule has 4 aromatic rings. The Morgan fingerprint density at radius 1 is 1.07 bits per heavy atom. The summed E-state index contributed by atoms with van der Waals surface area (Å²) in [4.78, 5) is 25.4. The number of para-hydroxylation sites is 1. The third kappa shape index (κ3) is 3.78. The molecule has 0 saturated heterocycles. The van der Waals surface area contributed by atoms with Crippen LogP contribution < -0.4 is 10.9 Å². The Bertz CT molecular complexity index is 1220. The number of hydrogen-bond donors (Lipinski definition) is 1. The number of aryl methyl sites for hydroxylation is 2. The molecular weight excluding hydrogens is 364 g/mol. The lowest BCUT2D eigenvalue weighted by atomic mass is 10.1. The molecule has 0 spiro atoms. The molecule has 29 heavy (non-hydrogen) atoms. The Morgan fingerprint density at radius 3 is 2.59 bits per heavy atom. The van der Waals surface area contributed by atoms with Gasteiger partial charge in [0.15, 0.2) is 0 Å². The summed E-state index contributed by atoms with van der Waals surface area (Å²) in [6.07, 6.45) is 3.40. The number of fused-ring (bicyclic) bond motifs is 3. The fourth-order valence-corrected chi connectivity index (χ4v) is 3.78. The number of hydrogen-bond acceptors (Lipinski definition) is 3. The molecule has 0 saturated carbocycles. The van der Waals surface area contributed by atoms with Crippen LogP contribution in [0.3, 0.4) is 0 Å². The van der Waals surface area contributed by atoms with Gasteiger partial charge in [-0.15, -0.1) is 0 Å². The fourth-order valence-electron chi connectivity index (χ4n) is 3.78. The summed E-state index contributed by atoms with van der Waals surface area (Å²) >= 11 is 0. The maximum absolute atomic E-state index is 13.0. The summed E-state index contributed by atoms with van der Waals surface area (Å²) in [6, 6.07) is 18.0. The highest BCUT2D eigenvalue weighted by Crippen LogP contribution is 2.24. The number of nitrogens with zero attached hydrogens (tertiary/aromatic N) is 3. The minimum absolute atomic E-state index is 0.0137. The molecule has 0 unspecified atom stereocenters. The number of carbonyl (C=O) groups is 1. The van der Waals surface area contributed by atoms with Crippen molar-refractivity contribution < 1.29 is 4.79 Å². The molecule has 148 valence electrons. The Balaban J connectivity index is 1.48. The number of amides is 1. The first-order valence-electron chi connectivity index (χ1n) is 9.81. The normalized spacial score (nSPS) is 12.3. The molecule has 1 N–H and O–H groups in total. The van der Waals surface area contributed by atoms with Gasteiger partial charge in [-0.05, 0) is 31.4 Å². The van der Waals surface area contributed by atoms with Crippen LogP contribution in [0.2, 0.25) is 0 Å². The number of carbonyl (C=O) groups excluding carboxylic acids is 1. The summed E-state index contributed by atoms with van der Waals surface area (Å²) in [6.45, 7) is 1.89. The van der Waals surface area contributed by atoms with Crippen LogP contribution in [0.15, 0.2) is 65.6 Å². The second-order valence-corrected chi connectivity index (χ2v) is 7.44. The molecule has 0 aliphatic heterocycles. The van der Waals surface area contributed by atoms with Crippen molar-refractivity contribution in [2.45, 2.75) is 32.4 Å². The summed E-state index contributed by atoms with van der Waals surface area (Å²) in [5.74, 6) is -0.210. The van der Waals surface area contributed by atoms with Crippen LogP contribution >= 0.6 is 0 Å². The van der Waals surface area contributed by atoms with E-state index in [0.29, 0.717) is 5.52 Å². The van der Waals surface area contributed by atoms with Crippen molar-refractivity contribution in [3.63, 3.8) is 0 Å². The third-order valence-corrected chi connectivity index (χ3v) is 5.32. The maximum Gasteiger partial charge on any atom is 0.291 e. The summed E-state index contributed by atoms with van der Waals surface area (Å²) < 4.78 is 3.10. The largest absolute Gasteiger partial charge is 0.352 e. The van der Waals surface area contributed by atoms with Crippen molar-refractivity contribution in [3.8, 4) is 0 Å².